The second-order valence-corrected chi connectivity index (χ2v) is 7.61. The molecule has 6 nitrogen and oxygen atoms in total. The molecule has 142 valence electrons. The van der Waals surface area contributed by atoms with E-state index in [1.54, 1.807) is 4.90 Å². The van der Waals surface area contributed by atoms with Crippen LogP contribution in [0.4, 0.5) is 0 Å². The molecule has 2 aliphatic rings. The summed E-state index contributed by atoms with van der Waals surface area (Å²) >= 11 is 0. The molecule has 0 bridgehead atoms. The predicted molar refractivity (Wildman–Crippen MR) is 99.2 cm³/mol. The van der Waals surface area contributed by atoms with Crippen LogP contribution in [-0.2, 0) is 11.3 Å². The number of hydrogen-bond donors (Lipinski definition) is 2. The first kappa shape index (κ1) is 17.6. The lowest BCUT2D eigenvalue weighted by Gasteiger charge is -2.21. The van der Waals surface area contributed by atoms with Gasteiger partial charge in [0.2, 0.25) is 5.91 Å². The highest BCUT2D eigenvalue weighted by Gasteiger charge is 2.37. The van der Waals surface area contributed by atoms with Gasteiger partial charge in [0.05, 0.1) is 13.1 Å². The SMILES string of the molecule is C[C@@H]1C[C@@H]1c1ccc(CN(C(=O)CNC(=O)c2ccc(O)cc2)C2CC2)o1. The Labute approximate surface area is 158 Å². The first-order valence-corrected chi connectivity index (χ1v) is 9.46. The van der Waals surface area contributed by atoms with Crippen molar-refractivity contribution in [1.82, 2.24) is 10.2 Å². The third-order valence-electron chi connectivity index (χ3n) is 5.32. The first-order valence-electron chi connectivity index (χ1n) is 9.46. The lowest BCUT2D eigenvalue weighted by Crippen LogP contribution is -2.41. The number of rotatable bonds is 7. The lowest BCUT2D eigenvalue weighted by molar-refractivity contribution is -0.131. The third-order valence-corrected chi connectivity index (χ3v) is 5.32. The van der Waals surface area contributed by atoms with E-state index in [0.717, 1.165) is 24.4 Å². The van der Waals surface area contributed by atoms with Gasteiger partial charge in [-0.3, -0.25) is 9.59 Å². The minimum Gasteiger partial charge on any atom is -0.508 e. The zero-order valence-electron chi connectivity index (χ0n) is 15.4. The molecule has 4 rings (SSSR count). The highest BCUT2D eigenvalue weighted by Crippen LogP contribution is 2.47. The topological polar surface area (TPSA) is 82.8 Å². The Morgan fingerprint density at radius 1 is 1.19 bits per heavy atom. The molecule has 1 aromatic carbocycles. The van der Waals surface area contributed by atoms with E-state index >= 15 is 0 Å². The summed E-state index contributed by atoms with van der Waals surface area (Å²) in [6.07, 6.45) is 3.15. The number of hydrogen-bond acceptors (Lipinski definition) is 4. The standard InChI is InChI=1S/C21H24N2O4/c1-13-10-18(13)19-9-8-17(27-19)12-23(15-4-5-15)20(25)11-22-21(26)14-2-6-16(24)7-3-14/h2-3,6-9,13,15,18,24H,4-5,10-12H2,1H3,(H,22,26)/t13-,18+/m1/s1. The summed E-state index contributed by atoms with van der Waals surface area (Å²) in [6.45, 7) is 2.60. The second-order valence-electron chi connectivity index (χ2n) is 7.61. The van der Waals surface area contributed by atoms with E-state index < -0.39 is 0 Å². The van der Waals surface area contributed by atoms with Gasteiger partial charge in [0.15, 0.2) is 0 Å². The normalized spacial score (nSPS) is 20.9. The monoisotopic (exact) mass is 368 g/mol. The van der Waals surface area contributed by atoms with Gasteiger partial charge in [-0.25, -0.2) is 0 Å². The molecule has 0 aliphatic heterocycles. The number of carbonyl (C=O) groups excluding carboxylic acids is 2. The fourth-order valence-corrected chi connectivity index (χ4v) is 3.34. The molecular weight excluding hydrogens is 344 g/mol. The minimum absolute atomic E-state index is 0.0521. The number of aromatic hydroxyl groups is 1. The van der Waals surface area contributed by atoms with Crippen LogP contribution in [0.5, 0.6) is 5.75 Å². The Balaban J connectivity index is 1.34. The Kier molecular flexibility index (Phi) is 4.64. The first-order chi connectivity index (χ1) is 13.0. The molecule has 1 aromatic heterocycles. The highest BCUT2D eigenvalue weighted by atomic mass is 16.3. The Morgan fingerprint density at radius 3 is 2.52 bits per heavy atom. The van der Waals surface area contributed by atoms with Crippen LogP contribution < -0.4 is 5.32 Å². The summed E-state index contributed by atoms with van der Waals surface area (Å²) in [5, 5.41) is 12.0. The largest absolute Gasteiger partial charge is 0.508 e. The van der Waals surface area contributed by atoms with Gasteiger partial charge < -0.3 is 19.7 Å². The molecule has 0 spiro atoms. The maximum atomic E-state index is 12.7. The molecule has 27 heavy (non-hydrogen) atoms. The van der Waals surface area contributed by atoms with Crippen molar-refractivity contribution in [2.45, 2.75) is 44.7 Å². The average molecular weight is 368 g/mol. The number of phenols is 1. The molecule has 2 N–H and O–H groups in total. The molecule has 2 amide bonds. The highest BCUT2D eigenvalue weighted by molar-refractivity contribution is 5.96. The van der Waals surface area contributed by atoms with Crippen LogP contribution >= 0.6 is 0 Å². The fraction of sp³-hybridized carbons (Fsp3) is 0.429. The number of nitrogens with zero attached hydrogens (tertiary/aromatic N) is 1. The summed E-state index contributed by atoms with van der Waals surface area (Å²) in [7, 11) is 0. The molecular formula is C21H24N2O4. The van der Waals surface area contributed by atoms with Crippen molar-refractivity contribution < 1.29 is 19.1 Å². The number of carbonyl (C=O) groups is 2. The van der Waals surface area contributed by atoms with Crippen molar-refractivity contribution in [2.75, 3.05) is 6.54 Å². The molecule has 0 saturated heterocycles. The number of nitrogens with one attached hydrogen (secondary N) is 1. The maximum Gasteiger partial charge on any atom is 0.251 e. The van der Waals surface area contributed by atoms with Crippen LogP contribution in [0.2, 0.25) is 0 Å². The van der Waals surface area contributed by atoms with E-state index in [9.17, 15) is 14.7 Å². The maximum absolute atomic E-state index is 12.7. The zero-order chi connectivity index (χ0) is 19.0. The van der Waals surface area contributed by atoms with Gasteiger partial charge >= 0.3 is 0 Å². The smallest absolute Gasteiger partial charge is 0.251 e. The molecule has 2 fully saturated rings. The van der Waals surface area contributed by atoms with E-state index in [-0.39, 0.29) is 30.2 Å². The zero-order valence-corrected chi connectivity index (χ0v) is 15.4. The van der Waals surface area contributed by atoms with E-state index in [0.29, 0.717) is 23.9 Å². The van der Waals surface area contributed by atoms with Crippen molar-refractivity contribution in [1.29, 1.82) is 0 Å². The van der Waals surface area contributed by atoms with Crippen LogP contribution in [0.3, 0.4) is 0 Å². The van der Waals surface area contributed by atoms with Gasteiger partial charge in [0, 0.05) is 17.5 Å². The van der Waals surface area contributed by atoms with Crippen molar-refractivity contribution in [3.05, 3.63) is 53.5 Å². The van der Waals surface area contributed by atoms with Crippen LogP contribution in [0.1, 0.15) is 54.0 Å². The summed E-state index contributed by atoms with van der Waals surface area (Å²) in [4.78, 5) is 26.6. The Bertz CT molecular complexity index is 838. The fourth-order valence-electron chi connectivity index (χ4n) is 3.34. The van der Waals surface area contributed by atoms with Gasteiger partial charge in [0.1, 0.15) is 17.3 Å². The summed E-state index contributed by atoms with van der Waals surface area (Å²) in [6, 6.07) is 10.2. The minimum atomic E-state index is -0.331. The summed E-state index contributed by atoms with van der Waals surface area (Å²) < 4.78 is 5.94. The molecule has 2 aromatic rings. The van der Waals surface area contributed by atoms with Gasteiger partial charge in [0.25, 0.3) is 5.91 Å². The molecule has 2 aliphatic carbocycles. The number of furan rings is 1. The van der Waals surface area contributed by atoms with Crippen LogP contribution in [0.15, 0.2) is 40.8 Å². The van der Waals surface area contributed by atoms with Crippen LogP contribution in [-0.4, -0.2) is 34.4 Å². The Morgan fingerprint density at radius 2 is 1.89 bits per heavy atom. The van der Waals surface area contributed by atoms with E-state index in [2.05, 4.69) is 12.2 Å². The van der Waals surface area contributed by atoms with Crippen LogP contribution in [0, 0.1) is 5.92 Å². The molecule has 2 saturated carbocycles. The summed E-state index contributed by atoms with van der Waals surface area (Å²) in [5.41, 5.74) is 0.410. The average Bonchev–Trinajstić information content (AvgIpc) is 3.58. The van der Waals surface area contributed by atoms with Crippen molar-refractivity contribution in [3.63, 3.8) is 0 Å². The second kappa shape index (κ2) is 7.10. The van der Waals surface area contributed by atoms with Crippen LogP contribution in [0.25, 0.3) is 0 Å². The number of phenolic OH excluding ortho intramolecular Hbond substituents is 1. The summed E-state index contributed by atoms with van der Waals surface area (Å²) in [5.74, 6) is 2.68. The Hall–Kier alpha value is -2.76. The lowest BCUT2D eigenvalue weighted by atomic mass is 10.2. The van der Waals surface area contributed by atoms with Gasteiger partial charge in [-0.15, -0.1) is 0 Å². The molecule has 6 heteroatoms. The predicted octanol–water partition coefficient (Wildman–Crippen LogP) is 3.03. The molecule has 0 unspecified atom stereocenters. The van der Waals surface area contributed by atoms with Crippen molar-refractivity contribution >= 4 is 11.8 Å². The van der Waals surface area contributed by atoms with Gasteiger partial charge in [-0.1, -0.05) is 6.92 Å². The molecule has 2 atom stereocenters. The van der Waals surface area contributed by atoms with Gasteiger partial charge in [-0.2, -0.15) is 0 Å². The number of benzene rings is 1. The van der Waals surface area contributed by atoms with Gasteiger partial charge in [-0.05, 0) is 61.6 Å². The number of amides is 2. The van der Waals surface area contributed by atoms with E-state index in [1.165, 1.54) is 30.7 Å². The molecule has 1 heterocycles. The quantitative estimate of drug-likeness (QED) is 0.787. The molecule has 0 radical (unpaired) electrons. The van der Waals surface area contributed by atoms with E-state index in [4.69, 9.17) is 4.42 Å². The van der Waals surface area contributed by atoms with Crippen molar-refractivity contribution in [2.24, 2.45) is 5.92 Å². The third kappa shape index (κ3) is 4.15. The van der Waals surface area contributed by atoms with Crippen molar-refractivity contribution in [3.8, 4) is 5.75 Å². The van der Waals surface area contributed by atoms with E-state index in [1.807, 2.05) is 12.1 Å².